The van der Waals surface area contributed by atoms with Crippen LogP contribution in [0.5, 0.6) is 0 Å². The molecule has 0 radical (unpaired) electrons. The Morgan fingerprint density at radius 2 is 1.94 bits per heavy atom. The zero-order valence-corrected chi connectivity index (χ0v) is 17.2. The molecule has 0 saturated carbocycles. The lowest BCUT2D eigenvalue weighted by Gasteiger charge is -2.42. The van der Waals surface area contributed by atoms with Crippen molar-refractivity contribution in [2.24, 2.45) is 0 Å². The number of amides is 1. The number of hydrogen-bond acceptors (Lipinski definition) is 4. The quantitative estimate of drug-likeness (QED) is 0.697. The third kappa shape index (κ3) is 5.56. The van der Waals surface area contributed by atoms with Crippen molar-refractivity contribution in [3.63, 3.8) is 0 Å². The number of nitriles is 1. The highest BCUT2D eigenvalue weighted by Gasteiger charge is 2.35. The SMILES string of the molecule is COCC1CN(c2ccc(C#N)c(C(F)(F)F)c2)CCN1C(=O)CCc1ccccc1. The Bertz CT molecular complexity index is 941. The fourth-order valence-corrected chi connectivity index (χ4v) is 3.85. The topological polar surface area (TPSA) is 56.6 Å². The van der Waals surface area contributed by atoms with Gasteiger partial charge in [0, 0.05) is 38.9 Å². The number of methoxy groups -OCH3 is 1. The number of alkyl halides is 3. The summed E-state index contributed by atoms with van der Waals surface area (Å²) in [6.07, 6.45) is -3.62. The second kappa shape index (κ2) is 9.84. The Morgan fingerprint density at radius 3 is 2.58 bits per heavy atom. The molecule has 31 heavy (non-hydrogen) atoms. The molecule has 8 heteroatoms. The molecular weight excluding hydrogens is 407 g/mol. The van der Waals surface area contributed by atoms with Crippen molar-refractivity contribution < 1.29 is 22.7 Å². The number of anilines is 1. The van der Waals surface area contributed by atoms with E-state index >= 15 is 0 Å². The number of benzene rings is 2. The predicted octanol–water partition coefficient (Wildman–Crippen LogP) is 3.87. The number of carbonyl (C=O) groups excluding carboxylic acids is 1. The molecule has 0 aromatic heterocycles. The first-order valence-electron chi connectivity index (χ1n) is 10.0. The van der Waals surface area contributed by atoms with E-state index in [1.807, 2.05) is 30.3 Å². The molecule has 1 amide bonds. The second-order valence-electron chi connectivity index (χ2n) is 7.47. The van der Waals surface area contributed by atoms with E-state index < -0.39 is 17.3 Å². The molecule has 1 unspecified atom stereocenters. The highest BCUT2D eigenvalue weighted by Crippen LogP contribution is 2.35. The summed E-state index contributed by atoms with van der Waals surface area (Å²) in [5.41, 5.74) is 0.107. The molecule has 0 spiro atoms. The molecule has 1 saturated heterocycles. The maximum atomic E-state index is 13.3. The van der Waals surface area contributed by atoms with Gasteiger partial charge < -0.3 is 14.5 Å². The molecule has 164 valence electrons. The summed E-state index contributed by atoms with van der Waals surface area (Å²) in [5.74, 6) is 0.00126. The Kier molecular flexibility index (Phi) is 7.18. The minimum absolute atomic E-state index is 0.00126. The van der Waals surface area contributed by atoms with Crippen molar-refractivity contribution in [1.82, 2.24) is 4.90 Å². The average molecular weight is 431 g/mol. The number of rotatable bonds is 6. The number of carbonyl (C=O) groups is 1. The molecule has 1 aliphatic heterocycles. The van der Waals surface area contributed by atoms with Crippen LogP contribution in [0, 0.1) is 11.3 Å². The molecule has 1 heterocycles. The number of piperazine rings is 1. The third-order valence-corrected chi connectivity index (χ3v) is 5.43. The molecule has 0 N–H and O–H groups in total. The molecule has 0 bridgehead atoms. The van der Waals surface area contributed by atoms with E-state index in [1.54, 1.807) is 15.9 Å². The fourth-order valence-electron chi connectivity index (χ4n) is 3.85. The zero-order valence-electron chi connectivity index (χ0n) is 17.2. The van der Waals surface area contributed by atoms with Crippen molar-refractivity contribution in [2.75, 3.05) is 38.3 Å². The molecule has 3 rings (SSSR count). The van der Waals surface area contributed by atoms with Gasteiger partial charge in [0.25, 0.3) is 0 Å². The van der Waals surface area contributed by atoms with E-state index in [0.717, 1.165) is 11.6 Å². The standard InChI is InChI=1S/C23H24F3N3O2/c1-31-16-20-15-28(19-9-8-18(14-27)21(13-19)23(24,25)26)11-12-29(20)22(30)10-7-17-5-3-2-4-6-17/h2-6,8-9,13,20H,7,10-12,15-16H2,1H3. The predicted molar refractivity (Wildman–Crippen MR) is 111 cm³/mol. The zero-order chi connectivity index (χ0) is 22.4. The maximum Gasteiger partial charge on any atom is 0.417 e. The van der Waals surface area contributed by atoms with Crippen LogP contribution in [0.1, 0.15) is 23.1 Å². The van der Waals surface area contributed by atoms with Crippen LogP contribution >= 0.6 is 0 Å². The van der Waals surface area contributed by atoms with E-state index in [4.69, 9.17) is 10.00 Å². The minimum atomic E-state index is -4.61. The van der Waals surface area contributed by atoms with Crippen molar-refractivity contribution in [3.8, 4) is 6.07 Å². The highest BCUT2D eigenvalue weighted by atomic mass is 19.4. The van der Waals surface area contributed by atoms with Gasteiger partial charge in [0.1, 0.15) is 0 Å². The lowest BCUT2D eigenvalue weighted by atomic mass is 10.0. The molecule has 1 atom stereocenters. The van der Waals surface area contributed by atoms with Crippen LogP contribution in [0.3, 0.4) is 0 Å². The molecule has 2 aromatic carbocycles. The van der Waals surface area contributed by atoms with Gasteiger partial charge in [0.2, 0.25) is 5.91 Å². The van der Waals surface area contributed by atoms with Crippen LogP contribution < -0.4 is 4.90 Å². The summed E-state index contributed by atoms with van der Waals surface area (Å²) in [6, 6.07) is 14.8. The van der Waals surface area contributed by atoms with Crippen molar-refractivity contribution in [2.45, 2.75) is 25.1 Å². The van der Waals surface area contributed by atoms with Gasteiger partial charge in [-0.2, -0.15) is 18.4 Å². The van der Waals surface area contributed by atoms with Crippen LogP contribution in [-0.2, 0) is 22.1 Å². The summed E-state index contributed by atoms with van der Waals surface area (Å²) in [7, 11) is 1.54. The molecular formula is C23H24F3N3O2. The summed E-state index contributed by atoms with van der Waals surface area (Å²) >= 11 is 0. The molecule has 1 fully saturated rings. The molecule has 2 aromatic rings. The van der Waals surface area contributed by atoms with Crippen molar-refractivity contribution in [1.29, 1.82) is 5.26 Å². The Balaban J connectivity index is 1.72. The van der Waals surface area contributed by atoms with E-state index in [2.05, 4.69) is 0 Å². The average Bonchev–Trinajstić information content (AvgIpc) is 2.77. The largest absolute Gasteiger partial charge is 0.417 e. The molecule has 1 aliphatic rings. The summed E-state index contributed by atoms with van der Waals surface area (Å²) in [6.45, 7) is 1.44. The van der Waals surface area contributed by atoms with Gasteiger partial charge in [0.15, 0.2) is 0 Å². The van der Waals surface area contributed by atoms with E-state index in [1.165, 1.54) is 19.2 Å². The number of ether oxygens (including phenoxy) is 1. The van der Waals surface area contributed by atoms with E-state index in [9.17, 15) is 18.0 Å². The fraction of sp³-hybridized carbons (Fsp3) is 0.391. The lowest BCUT2D eigenvalue weighted by molar-refractivity contribution is -0.137. The summed E-state index contributed by atoms with van der Waals surface area (Å²) < 4.78 is 45.3. The normalized spacial score (nSPS) is 16.8. The van der Waals surface area contributed by atoms with Crippen molar-refractivity contribution >= 4 is 11.6 Å². The highest BCUT2D eigenvalue weighted by molar-refractivity contribution is 5.77. The first-order chi connectivity index (χ1) is 14.8. The van der Waals surface area contributed by atoms with Crippen LogP contribution in [0.25, 0.3) is 0 Å². The van der Waals surface area contributed by atoms with Crippen LogP contribution in [0.15, 0.2) is 48.5 Å². The van der Waals surface area contributed by atoms with E-state index in [0.29, 0.717) is 38.2 Å². The second-order valence-corrected chi connectivity index (χ2v) is 7.47. The number of hydrogen-bond donors (Lipinski definition) is 0. The third-order valence-electron chi connectivity index (χ3n) is 5.43. The summed E-state index contributed by atoms with van der Waals surface area (Å²) in [4.78, 5) is 16.4. The Labute approximate surface area is 179 Å². The minimum Gasteiger partial charge on any atom is -0.382 e. The van der Waals surface area contributed by atoms with Crippen LogP contribution in [-0.4, -0.2) is 50.2 Å². The first-order valence-corrected chi connectivity index (χ1v) is 10.0. The van der Waals surface area contributed by atoms with Gasteiger partial charge in [-0.25, -0.2) is 0 Å². The van der Waals surface area contributed by atoms with Crippen LogP contribution in [0.2, 0.25) is 0 Å². The number of halogens is 3. The maximum absolute atomic E-state index is 13.3. The first kappa shape index (κ1) is 22.6. The van der Waals surface area contributed by atoms with Gasteiger partial charge >= 0.3 is 6.18 Å². The van der Waals surface area contributed by atoms with Gasteiger partial charge in [-0.15, -0.1) is 0 Å². The van der Waals surface area contributed by atoms with Crippen molar-refractivity contribution in [3.05, 3.63) is 65.2 Å². The lowest BCUT2D eigenvalue weighted by Crippen LogP contribution is -2.57. The van der Waals surface area contributed by atoms with Crippen LogP contribution in [0.4, 0.5) is 18.9 Å². The number of nitrogens with zero attached hydrogens (tertiary/aromatic N) is 3. The van der Waals surface area contributed by atoms with E-state index in [-0.39, 0.29) is 18.6 Å². The number of aryl methyl sites for hydroxylation is 1. The Morgan fingerprint density at radius 1 is 1.19 bits per heavy atom. The molecule has 5 nitrogen and oxygen atoms in total. The molecule has 0 aliphatic carbocycles. The van der Waals surface area contributed by atoms with Gasteiger partial charge in [-0.05, 0) is 30.2 Å². The smallest absolute Gasteiger partial charge is 0.382 e. The summed E-state index contributed by atoms with van der Waals surface area (Å²) in [5, 5.41) is 9.00. The monoisotopic (exact) mass is 431 g/mol. The Hall–Kier alpha value is -3.05. The van der Waals surface area contributed by atoms with Gasteiger partial charge in [-0.3, -0.25) is 4.79 Å². The van der Waals surface area contributed by atoms with Gasteiger partial charge in [-0.1, -0.05) is 30.3 Å². The van der Waals surface area contributed by atoms with Gasteiger partial charge in [0.05, 0.1) is 29.8 Å².